The molecule has 0 amide bonds. The van der Waals surface area contributed by atoms with Gasteiger partial charge in [0.25, 0.3) is 0 Å². The van der Waals surface area contributed by atoms with Gasteiger partial charge in [-0.2, -0.15) is 0 Å². The van der Waals surface area contributed by atoms with E-state index in [-0.39, 0.29) is 6.61 Å². The van der Waals surface area contributed by atoms with Gasteiger partial charge in [0.1, 0.15) is 12.4 Å². The molecule has 0 fully saturated rings. The van der Waals surface area contributed by atoms with Crippen molar-refractivity contribution in [3.05, 3.63) is 58.1 Å². The molecule has 0 saturated heterocycles. The Morgan fingerprint density at radius 1 is 1.12 bits per heavy atom. The van der Waals surface area contributed by atoms with Crippen LogP contribution in [0.1, 0.15) is 23.6 Å². The van der Waals surface area contributed by atoms with Gasteiger partial charge in [-0.25, -0.2) is 4.79 Å². The first-order chi connectivity index (χ1) is 11.9. The van der Waals surface area contributed by atoms with Gasteiger partial charge in [0.2, 0.25) is 0 Å². The lowest BCUT2D eigenvalue weighted by molar-refractivity contribution is 0.101. The third-order valence-corrected chi connectivity index (χ3v) is 4.54. The summed E-state index contributed by atoms with van der Waals surface area (Å²) in [5.41, 5.74) is 4.04. The van der Waals surface area contributed by atoms with Crippen molar-refractivity contribution in [2.45, 2.75) is 27.7 Å². The topological polar surface area (TPSA) is 38.8 Å². The van der Waals surface area contributed by atoms with Crippen LogP contribution >= 0.6 is 11.6 Å². The van der Waals surface area contributed by atoms with Crippen LogP contribution in [0.5, 0.6) is 5.75 Å². The van der Waals surface area contributed by atoms with Gasteiger partial charge in [0.05, 0.1) is 6.54 Å². The van der Waals surface area contributed by atoms with E-state index < -0.39 is 6.16 Å². The normalized spacial score (nSPS) is 10.4. The van der Waals surface area contributed by atoms with Crippen LogP contribution in [-0.4, -0.2) is 25.9 Å². The number of anilines is 1. The predicted molar refractivity (Wildman–Crippen MR) is 102 cm³/mol. The Balaban J connectivity index is 1.87. The van der Waals surface area contributed by atoms with E-state index in [1.54, 1.807) is 12.1 Å². The average Bonchev–Trinajstić information content (AvgIpc) is 2.56. The molecular weight excluding hydrogens is 338 g/mol. The number of likely N-dealkylation sites (N-methyl/N-ethyl adjacent to an activating group) is 1. The molecule has 2 rings (SSSR count). The number of carbonyl (C=O) groups excluding carboxylic acids is 1. The van der Waals surface area contributed by atoms with E-state index in [9.17, 15) is 4.79 Å². The Morgan fingerprint density at radius 2 is 1.80 bits per heavy atom. The van der Waals surface area contributed by atoms with Gasteiger partial charge < -0.3 is 14.4 Å². The third kappa shape index (κ3) is 5.40. The first kappa shape index (κ1) is 19.1. The van der Waals surface area contributed by atoms with E-state index in [0.717, 1.165) is 23.4 Å². The molecule has 2 aromatic carbocycles. The lowest BCUT2D eigenvalue weighted by Crippen LogP contribution is -2.28. The monoisotopic (exact) mass is 361 g/mol. The molecule has 0 N–H and O–H groups in total. The van der Waals surface area contributed by atoms with Crippen LogP contribution in [0.4, 0.5) is 10.5 Å². The molecule has 0 bridgehead atoms. The molecule has 0 atom stereocenters. The zero-order valence-corrected chi connectivity index (χ0v) is 15.9. The zero-order valence-electron chi connectivity index (χ0n) is 15.1. The lowest BCUT2D eigenvalue weighted by Gasteiger charge is -2.23. The summed E-state index contributed by atoms with van der Waals surface area (Å²) in [7, 11) is 0. The molecule has 134 valence electrons. The van der Waals surface area contributed by atoms with Crippen molar-refractivity contribution in [2.75, 3.05) is 24.6 Å². The SMILES string of the molecule is CCN(CCOC(=O)Oc1cc(C)c(Cl)c(C)c1)c1cccc(C)c1. The summed E-state index contributed by atoms with van der Waals surface area (Å²) >= 11 is 6.11. The zero-order chi connectivity index (χ0) is 18.4. The largest absolute Gasteiger partial charge is 0.513 e. The highest BCUT2D eigenvalue weighted by molar-refractivity contribution is 6.32. The number of aryl methyl sites for hydroxylation is 3. The Kier molecular flexibility index (Phi) is 6.71. The van der Waals surface area contributed by atoms with E-state index in [1.807, 2.05) is 26.0 Å². The number of rotatable bonds is 6. The quantitative estimate of drug-likeness (QED) is 0.516. The summed E-state index contributed by atoms with van der Waals surface area (Å²) in [6.45, 7) is 9.56. The fourth-order valence-electron chi connectivity index (χ4n) is 2.62. The van der Waals surface area contributed by atoms with Crippen LogP contribution in [0.25, 0.3) is 0 Å². The van der Waals surface area contributed by atoms with E-state index in [1.165, 1.54) is 5.56 Å². The molecule has 0 aliphatic carbocycles. The standard InChI is InChI=1S/C20H24ClNO3/c1-5-22(17-8-6-7-14(2)11-17)9-10-24-20(23)25-18-12-15(3)19(21)16(4)13-18/h6-8,11-13H,5,9-10H2,1-4H3. The van der Waals surface area contributed by atoms with Crippen LogP contribution in [0.3, 0.4) is 0 Å². The van der Waals surface area contributed by atoms with Gasteiger partial charge in [-0.15, -0.1) is 0 Å². The number of hydrogen-bond donors (Lipinski definition) is 0. The second-order valence-electron chi connectivity index (χ2n) is 5.99. The van der Waals surface area contributed by atoms with Gasteiger partial charge in [-0.05, 0) is 68.7 Å². The van der Waals surface area contributed by atoms with E-state index in [2.05, 4.69) is 30.9 Å². The summed E-state index contributed by atoms with van der Waals surface area (Å²) in [4.78, 5) is 14.0. The van der Waals surface area contributed by atoms with Crippen molar-refractivity contribution in [1.82, 2.24) is 0 Å². The molecule has 25 heavy (non-hydrogen) atoms. The van der Waals surface area contributed by atoms with Crippen molar-refractivity contribution in [3.63, 3.8) is 0 Å². The second kappa shape index (κ2) is 8.77. The molecule has 5 heteroatoms. The number of halogens is 1. The van der Waals surface area contributed by atoms with Crippen molar-refractivity contribution >= 4 is 23.4 Å². The maximum absolute atomic E-state index is 11.9. The molecule has 0 heterocycles. The van der Waals surface area contributed by atoms with Crippen molar-refractivity contribution < 1.29 is 14.3 Å². The summed E-state index contributed by atoms with van der Waals surface area (Å²) in [5, 5.41) is 0.678. The van der Waals surface area contributed by atoms with E-state index in [4.69, 9.17) is 21.1 Å². The molecule has 0 aliphatic rings. The maximum Gasteiger partial charge on any atom is 0.513 e. The maximum atomic E-state index is 11.9. The van der Waals surface area contributed by atoms with Crippen molar-refractivity contribution in [2.24, 2.45) is 0 Å². The van der Waals surface area contributed by atoms with Crippen LogP contribution in [0.15, 0.2) is 36.4 Å². The van der Waals surface area contributed by atoms with Crippen molar-refractivity contribution in [3.8, 4) is 5.75 Å². The minimum atomic E-state index is -0.707. The second-order valence-corrected chi connectivity index (χ2v) is 6.37. The number of hydrogen-bond acceptors (Lipinski definition) is 4. The Hall–Kier alpha value is -2.20. The Bertz CT molecular complexity index is 722. The van der Waals surface area contributed by atoms with Crippen LogP contribution in [0.2, 0.25) is 5.02 Å². The molecule has 2 aromatic rings. The van der Waals surface area contributed by atoms with Crippen LogP contribution < -0.4 is 9.64 Å². The van der Waals surface area contributed by atoms with Gasteiger partial charge >= 0.3 is 6.16 Å². The van der Waals surface area contributed by atoms with E-state index >= 15 is 0 Å². The van der Waals surface area contributed by atoms with Crippen LogP contribution in [0, 0.1) is 20.8 Å². The smallest absolute Gasteiger partial charge is 0.432 e. The molecule has 0 aliphatic heterocycles. The fourth-order valence-corrected chi connectivity index (χ4v) is 2.73. The van der Waals surface area contributed by atoms with Gasteiger partial charge in [-0.3, -0.25) is 0 Å². The van der Waals surface area contributed by atoms with Crippen LogP contribution in [-0.2, 0) is 4.74 Å². The summed E-state index contributed by atoms with van der Waals surface area (Å²) in [6.07, 6.45) is -0.707. The number of ether oxygens (including phenoxy) is 2. The number of nitrogens with zero attached hydrogens (tertiary/aromatic N) is 1. The summed E-state index contributed by atoms with van der Waals surface area (Å²) in [5.74, 6) is 0.440. The molecule has 0 spiro atoms. The highest BCUT2D eigenvalue weighted by atomic mass is 35.5. The summed E-state index contributed by atoms with van der Waals surface area (Å²) < 4.78 is 10.4. The average molecular weight is 362 g/mol. The first-order valence-electron chi connectivity index (χ1n) is 8.33. The molecular formula is C20H24ClNO3. The van der Waals surface area contributed by atoms with Crippen molar-refractivity contribution in [1.29, 1.82) is 0 Å². The molecule has 0 saturated carbocycles. The molecule has 4 nitrogen and oxygen atoms in total. The minimum Gasteiger partial charge on any atom is -0.432 e. The molecule has 0 aromatic heterocycles. The summed E-state index contributed by atoms with van der Waals surface area (Å²) in [6, 6.07) is 11.7. The molecule has 0 unspecified atom stereocenters. The molecule has 0 radical (unpaired) electrons. The fraction of sp³-hybridized carbons (Fsp3) is 0.350. The minimum absolute atomic E-state index is 0.256. The van der Waals surface area contributed by atoms with Gasteiger partial charge in [-0.1, -0.05) is 23.7 Å². The number of benzene rings is 2. The van der Waals surface area contributed by atoms with Gasteiger partial charge in [0, 0.05) is 17.3 Å². The number of carbonyl (C=O) groups is 1. The van der Waals surface area contributed by atoms with E-state index in [0.29, 0.717) is 17.3 Å². The highest BCUT2D eigenvalue weighted by Crippen LogP contribution is 2.26. The Labute approximate surface area is 154 Å². The highest BCUT2D eigenvalue weighted by Gasteiger charge is 2.11. The van der Waals surface area contributed by atoms with Gasteiger partial charge in [0.15, 0.2) is 0 Å². The third-order valence-electron chi connectivity index (χ3n) is 3.94. The Morgan fingerprint density at radius 3 is 2.40 bits per heavy atom. The first-order valence-corrected chi connectivity index (χ1v) is 8.71. The lowest BCUT2D eigenvalue weighted by atomic mass is 10.1. The predicted octanol–water partition coefficient (Wildman–Crippen LogP) is 5.31.